The molecule has 0 aliphatic carbocycles. The molecule has 0 saturated heterocycles. The van der Waals surface area contributed by atoms with Crippen LogP contribution < -0.4 is 0 Å². The third kappa shape index (κ3) is 42.9. The summed E-state index contributed by atoms with van der Waals surface area (Å²) in [4.78, 5) is 0. The first-order valence-electron chi connectivity index (χ1n) is 15.0. The molecule has 0 aliphatic rings. The van der Waals surface area contributed by atoms with E-state index >= 15 is 0 Å². The predicted molar refractivity (Wildman–Crippen MR) is 178 cm³/mol. The van der Waals surface area contributed by atoms with Gasteiger partial charge in [0.15, 0.2) is 0 Å². The number of hydrogen-bond acceptors (Lipinski definition) is 13. The number of hydrogen-bond donors (Lipinski definition) is 0. The van der Waals surface area contributed by atoms with Crippen LogP contribution in [0.5, 0.6) is 0 Å². The van der Waals surface area contributed by atoms with Crippen molar-refractivity contribution in [1.29, 1.82) is 0 Å². The van der Waals surface area contributed by atoms with Gasteiger partial charge in [0.05, 0.1) is 172 Å². The van der Waals surface area contributed by atoms with Crippen LogP contribution in [-0.2, 0) is 61.6 Å². The van der Waals surface area contributed by atoms with E-state index in [1.54, 1.807) is 0 Å². The van der Waals surface area contributed by atoms with Crippen LogP contribution >= 0.6 is 45.2 Å². The van der Waals surface area contributed by atoms with Gasteiger partial charge in [-0.15, -0.1) is 0 Å². The van der Waals surface area contributed by atoms with Crippen molar-refractivity contribution < 1.29 is 61.6 Å². The Balaban J connectivity index is 3.02. The Kier molecular flexibility index (Phi) is 43.9. The van der Waals surface area contributed by atoms with Crippen molar-refractivity contribution >= 4 is 45.2 Å². The summed E-state index contributed by atoms with van der Waals surface area (Å²) in [6, 6.07) is 0. The largest absolute Gasteiger partial charge is 0.378 e. The van der Waals surface area contributed by atoms with E-state index in [1.807, 2.05) is 0 Å². The van der Waals surface area contributed by atoms with Gasteiger partial charge in [-0.05, 0) is 0 Å². The van der Waals surface area contributed by atoms with Crippen molar-refractivity contribution in [2.75, 3.05) is 181 Å². The van der Waals surface area contributed by atoms with Crippen LogP contribution in [0.15, 0.2) is 0 Å². The molecule has 43 heavy (non-hydrogen) atoms. The average Bonchev–Trinajstić information content (AvgIpc) is 3.02. The second kappa shape index (κ2) is 42.9. The molecule has 0 spiro atoms. The van der Waals surface area contributed by atoms with Gasteiger partial charge >= 0.3 is 0 Å². The molecule has 0 bridgehead atoms. The third-order valence-corrected chi connectivity index (χ3v) is 5.79. The molecule has 0 radical (unpaired) electrons. The lowest BCUT2D eigenvalue weighted by Gasteiger charge is -2.09. The van der Waals surface area contributed by atoms with Crippen LogP contribution in [0.4, 0.5) is 0 Å². The maximum absolute atomic E-state index is 5.48. The summed E-state index contributed by atoms with van der Waals surface area (Å²) < 4.78 is 72.6. The molecule has 0 rings (SSSR count). The van der Waals surface area contributed by atoms with Crippen LogP contribution in [0.1, 0.15) is 0 Å². The maximum Gasteiger partial charge on any atom is 0.0701 e. The molecule has 0 atom stereocenters. The molecule has 0 aromatic heterocycles. The lowest BCUT2D eigenvalue weighted by atomic mass is 10.6. The quantitative estimate of drug-likeness (QED) is 0.0509. The third-order valence-electron chi connectivity index (χ3n) is 4.91. The molecule has 0 saturated carbocycles. The Labute approximate surface area is 286 Å². The van der Waals surface area contributed by atoms with Gasteiger partial charge in [0, 0.05) is 8.86 Å². The van der Waals surface area contributed by atoms with Crippen molar-refractivity contribution in [1.82, 2.24) is 0 Å². The molecule has 260 valence electrons. The molecule has 0 fully saturated rings. The summed E-state index contributed by atoms with van der Waals surface area (Å²) in [7, 11) is 0. The minimum atomic E-state index is 0.516. The van der Waals surface area contributed by atoms with Crippen LogP contribution in [0.25, 0.3) is 0 Å². The summed E-state index contributed by atoms with van der Waals surface area (Å²) in [5.41, 5.74) is 0. The van der Waals surface area contributed by atoms with Crippen LogP contribution in [0.2, 0.25) is 0 Å². The van der Waals surface area contributed by atoms with Gasteiger partial charge in [-0.25, -0.2) is 0 Å². The first kappa shape index (κ1) is 43.9. The standard InChI is InChI=1S/C28H56I2O13/c29-1-3-31-5-7-33-9-11-35-13-15-37-17-19-39-21-23-41-25-27-43-28-26-42-24-22-40-20-18-38-16-14-36-12-10-34-8-6-32-4-2-30/h1-28H2. The Morgan fingerprint density at radius 2 is 0.256 bits per heavy atom. The van der Waals surface area contributed by atoms with E-state index in [9.17, 15) is 0 Å². The zero-order valence-electron chi connectivity index (χ0n) is 25.9. The van der Waals surface area contributed by atoms with E-state index in [-0.39, 0.29) is 0 Å². The molecule has 0 amide bonds. The molecular formula is C28H56I2O13. The highest BCUT2D eigenvalue weighted by Crippen LogP contribution is 1.88. The number of rotatable bonds is 40. The first-order chi connectivity index (χ1) is 21.4. The van der Waals surface area contributed by atoms with Gasteiger partial charge in [-0.2, -0.15) is 0 Å². The maximum atomic E-state index is 5.48. The van der Waals surface area contributed by atoms with E-state index in [0.717, 1.165) is 22.1 Å². The minimum absolute atomic E-state index is 0.516. The topological polar surface area (TPSA) is 120 Å². The zero-order chi connectivity index (χ0) is 31.0. The van der Waals surface area contributed by atoms with Gasteiger partial charge in [0.1, 0.15) is 0 Å². The summed E-state index contributed by atoms with van der Waals surface area (Å²) in [6.45, 7) is 14.6. The van der Waals surface area contributed by atoms with Crippen LogP contribution in [0.3, 0.4) is 0 Å². The van der Waals surface area contributed by atoms with Gasteiger partial charge in [0.2, 0.25) is 0 Å². The summed E-state index contributed by atoms with van der Waals surface area (Å²) in [6.07, 6.45) is 0. The second-order valence-corrected chi connectivity index (χ2v) is 10.5. The van der Waals surface area contributed by atoms with Crippen molar-refractivity contribution in [2.24, 2.45) is 0 Å². The number of ether oxygens (including phenoxy) is 13. The van der Waals surface area contributed by atoms with E-state index < -0.39 is 0 Å². The van der Waals surface area contributed by atoms with Crippen molar-refractivity contribution in [3.05, 3.63) is 0 Å². The zero-order valence-corrected chi connectivity index (χ0v) is 30.2. The van der Waals surface area contributed by atoms with Gasteiger partial charge in [-0.1, -0.05) is 45.2 Å². The molecule has 0 unspecified atom stereocenters. The highest BCUT2D eigenvalue weighted by atomic mass is 127. The van der Waals surface area contributed by atoms with Crippen molar-refractivity contribution in [3.8, 4) is 0 Å². The van der Waals surface area contributed by atoms with Crippen molar-refractivity contribution in [3.63, 3.8) is 0 Å². The molecule has 0 aliphatic heterocycles. The highest BCUT2D eigenvalue weighted by Gasteiger charge is 1.97. The molecule has 0 aromatic rings. The Hall–Kier alpha value is 0.940. The van der Waals surface area contributed by atoms with Gasteiger partial charge in [-0.3, -0.25) is 0 Å². The highest BCUT2D eigenvalue weighted by molar-refractivity contribution is 14.1. The fraction of sp³-hybridized carbons (Fsp3) is 1.00. The first-order valence-corrected chi connectivity index (χ1v) is 18.1. The van der Waals surface area contributed by atoms with E-state index in [1.165, 1.54) is 0 Å². The Morgan fingerprint density at radius 3 is 0.349 bits per heavy atom. The number of alkyl halides is 2. The summed E-state index contributed by atoms with van der Waals surface area (Å²) >= 11 is 4.56. The Bertz CT molecular complexity index is 448. The predicted octanol–water partition coefficient (Wildman–Crippen LogP) is 2.07. The number of halogens is 2. The lowest BCUT2D eigenvalue weighted by molar-refractivity contribution is -0.0288. The van der Waals surface area contributed by atoms with E-state index in [2.05, 4.69) is 45.2 Å². The minimum Gasteiger partial charge on any atom is -0.378 e. The molecular weight excluding hydrogens is 798 g/mol. The average molecular weight is 855 g/mol. The lowest BCUT2D eigenvalue weighted by Crippen LogP contribution is -2.15. The fourth-order valence-corrected chi connectivity index (χ4v) is 3.47. The summed E-state index contributed by atoms with van der Waals surface area (Å²) in [5, 5.41) is 0. The Morgan fingerprint density at radius 1 is 0.163 bits per heavy atom. The van der Waals surface area contributed by atoms with E-state index in [0.29, 0.717) is 159 Å². The second-order valence-electron chi connectivity index (χ2n) is 8.34. The van der Waals surface area contributed by atoms with Crippen LogP contribution in [0, 0.1) is 0 Å². The molecule has 0 N–H and O–H groups in total. The SMILES string of the molecule is ICCOCCOCCOCCOCCOCCOCCOCCOCCOCCOCCOCCOCCOCCI. The van der Waals surface area contributed by atoms with Crippen molar-refractivity contribution in [2.45, 2.75) is 0 Å². The molecule has 13 nitrogen and oxygen atoms in total. The van der Waals surface area contributed by atoms with E-state index in [4.69, 9.17) is 61.6 Å². The normalized spacial score (nSPS) is 11.6. The monoisotopic (exact) mass is 854 g/mol. The molecule has 0 heterocycles. The fourth-order valence-electron chi connectivity index (χ4n) is 2.85. The molecule has 0 aromatic carbocycles. The van der Waals surface area contributed by atoms with Gasteiger partial charge < -0.3 is 61.6 Å². The van der Waals surface area contributed by atoms with Crippen LogP contribution in [-0.4, -0.2) is 181 Å². The summed E-state index contributed by atoms with van der Waals surface area (Å²) in [5.74, 6) is 0. The smallest absolute Gasteiger partial charge is 0.0701 e. The molecule has 15 heteroatoms. The van der Waals surface area contributed by atoms with Gasteiger partial charge in [0.25, 0.3) is 0 Å².